The van der Waals surface area contributed by atoms with E-state index >= 15 is 0 Å². The lowest BCUT2D eigenvalue weighted by atomic mass is 10.2. The van der Waals surface area contributed by atoms with Crippen LogP contribution in [0.1, 0.15) is 43.0 Å². The molecule has 0 radical (unpaired) electrons. The molecule has 0 atom stereocenters. The first-order valence-corrected chi connectivity index (χ1v) is 9.09. The van der Waals surface area contributed by atoms with Crippen LogP contribution in [0.3, 0.4) is 0 Å². The van der Waals surface area contributed by atoms with E-state index in [1.165, 1.54) is 12.1 Å². The molecule has 0 unspecified atom stereocenters. The van der Waals surface area contributed by atoms with Gasteiger partial charge in [0.2, 0.25) is 10.0 Å². The molecule has 0 aliphatic rings. The van der Waals surface area contributed by atoms with Crippen molar-refractivity contribution in [1.82, 2.24) is 10.0 Å². The van der Waals surface area contributed by atoms with Crippen LogP contribution in [-0.4, -0.2) is 27.4 Å². The van der Waals surface area contributed by atoms with Crippen LogP contribution in [0.4, 0.5) is 4.39 Å². The fourth-order valence-corrected chi connectivity index (χ4v) is 3.05. The average Bonchev–Trinajstić information content (AvgIpc) is 2.52. The maximum Gasteiger partial charge on any atom is 0.251 e. The Kier molecular flexibility index (Phi) is 7.91. The Labute approximate surface area is 137 Å². The van der Waals surface area contributed by atoms with Crippen molar-refractivity contribution < 1.29 is 17.6 Å². The van der Waals surface area contributed by atoms with E-state index in [0.29, 0.717) is 6.54 Å². The fraction of sp³-hybridized carbons (Fsp3) is 0.438. The molecule has 0 heterocycles. The number of nitrogens with one attached hydrogen (secondary N) is 2. The summed E-state index contributed by atoms with van der Waals surface area (Å²) in [7, 11) is -4.02. The summed E-state index contributed by atoms with van der Waals surface area (Å²) in [4.78, 5) is 11.5. The van der Waals surface area contributed by atoms with Crippen LogP contribution in [0.15, 0.2) is 35.7 Å². The highest BCUT2D eigenvalue weighted by Crippen LogP contribution is 2.16. The monoisotopic (exact) mass is 342 g/mol. The van der Waals surface area contributed by atoms with Gasteiger partial charge in [-0.2, -0.15) is 0 Å². The maximum absolute atomic E-state index is 13.8. The molecule has 0 aromatic heterocycles. The molecule has 1 rings (SSSR count). The van der Waals surface area contributed by atoms with Gasteiger partial charge >= 0.3 is 0 Å². The van der Waals surface area contributed by atoms with E-state index in [4.69, 9.17) is 0 Å². The van der Waals surface area contributed by atoms with Gasteiger partial charge in [-0.05, 0) is 24.6 Å². The van der Waals surface area contributed by atoms with Crippen molar-refractivity contribution in [2.24, 2.45) is 0 Å². The van der Waals surface area contributed by atoms with E-state index in [1.807, 2.05) is 0 Å². The third-order valence-corrected chi connectivity index (χ3v) is 4.66. The van der Waals surface area contributed by atoms with Gasteiger partial charge in [0.05, 0.1) is 0 Å². The van der Waals surface area contributed by atoms with Crippen LogP contribution in [0.25, 0.3) is 0 Å². The minimum atomic E-state index is -4.02. The summed E-state index contributed by atoms with van der Waals surface area (Å²) in [5.74, 6) is -1.32. The summed E-state index contributed by atoms with van der Waals surface area (Å²) >= 11 is 0. The van der Waals surface area contributed by atoms with Crippen molar-refractivity contribution in [3.8, 4) is 0 Å². The van der Waals surface area contributed by atoms with Crippen molar-refractivity contribution in [3.05, 3.63) is 42.2 Å². The van der Waals surface area contributed by atoms with Crippen LogP contribution >= 0.6 is 0 Å². The molecule has 0 spiro atoms. The number of unbranched alkanes of at least 4 members (excludes halogenated alkanes) is 3. The van der Waals surface area contributed by atoms with E-state index in [-0.39, 0.29) is 12.1 Å². The largest absolute Gasteiger partial charge is 0.352 e. The molecule has 1 amide bonds. The van der Waals surface area contributed by atoms with E-state index < -0.39 is 26.6 Å². The van der Waals surface area contributed by atoms with Crippen molar-refractivity contribution in [1.29, 1.82) is 0 Å². The van der Waals surface area contributed by atoms with E-state index in [1.54, 1.807) is 0 Å². The lowest BCUT2D eigenvalue weighted by Gasteiger charge is -2.09. The lowest BCUT2D eigenvalue weighted by Crippen LogP contribution is -2.27. The molecule has 2 N–H and O–H groups in total. The summed E-state index contributed by atoms with van der Waals surface area (Å²) in [5.41, 5.74) is 0.112. The van der Waals surface area contributed by atoms with Crippen LogP contribution in [-0.2, 0) is 10.0 Å². The van der Waals surface area contributed by atoms with Crippen LogP contribution in [0.5, 0.6) is 0 Å². The standard InChI is InChI=1S/C16H23FN2O3S/c1-3-5-6-7-11-18-16(20)13-8-9-14(17)15(12-13)23(21,22)19-10-4-2/h4,8-9,12,19H,2-3,5-7,10-11H2,1H3,(H,18,20). The first-order chi connectivity index (χ1) is 10.9. The first-order valence-electron chi connectivity index (χ1n) is 7.60. The second kappa shape index (κ2) is 9.42. The molecular formula is C16H23FN2O3S. The van der Waals surface area contributed by atoms with Crippen LogP contribution in [0.2, 0.25) is 0 Å². The predicted octanol–water partition coefficient (Wildman–Crippen LogP) is 2.60. The van der Waals surface area contributed by atoms with Gasteiger partial charge < -0.3 is 5.32 Å². The van der Waals surface area contributed by atoms with Gasteiger partial charge in [0.1, 0.15) is 10.7 Å². The van der Waals surface area contributed by atoms with Gasteiger partial charge in [0.25, 0.3) is 5.91 Å². The summed E-state index contributed by atoms with van der Waals surface area (Å²) < 4.78 is 39.9. The van der Waals surface area contributed by atoms with Gasteiger partial charge in [-0.25, -0.2) is 17.5 Å². The molecule has 0 saturated heterocycles. The molecule has 0 fully saturated rings. The predicted molar refractivity (Wildman–Crippen MR) is 88.3 cm³/mol. The van der Waals surface area contributed by atoms with Crippen molar-refractivity contribution in [2.75, 3.05) is 13.1 Å². The second-order valence-corrected chi connectivity index (χ2v) is 6.84. The number of amides is 1. The number of rotatable bonds is 10. The normalized spacial score (nSPS) is 11.2. The minimum absolute atomic E-state index is 0.0182. The summed E-state index contributed by atoms with van der Waals surface area (Å²) in [6, 6.07) is 3.29. The van der Waals surface area contributed by atoms with E-state index in [9.17, 15) is 17.6 Å². The Hall–Kier alpha value is -1.73. The number of hydrogen-bond donors (Lipinski definition) is 2. The molecule has 0 bridgehead atoms. The number of sulfonamides is 1. The molecule has 0 aliphatic heterocycles. The molecule has 0 saturated carbocycles. The van der Waals surface area contributed by atoms with Gasteiger partial charge in [-0.3, -0.25) is 4.79 Å². The zero-order valence-electron chi connectivity index (χ0n) is 13.3. The number of benzene rings is 1. The van der Waals surface area contributed by atoms with Crippen LogP contribution < -0.4 is 10.0 Å². The van der Waals surface area contributed by atoms with Gasteiger partial charge in [0.15, 0.2) is 0 Å². The zero-order valence-corrected chi connectivity index (χ0v) is 14.1. The van der Waals surface area contributed by atoms with Crippen molar-refractivity contribution in [3.63, 3.8) is 0 Å². The Balaban J connectivity index is 2.80. The quantitative estimate of drug-likeness (QED) is 0.507. The third kappa shape index (κ3) is 6.11. The molecule has 23 heavy (non-hydrogen) atoms. The smallest absolute Gasteiger partial charge is 0.251 e. The van der Waals surface area contributed by atoms with E-state index in [2.05, 4.69) is 23.5 Å². The Bertz CT molecular complexity index is 645. The number of carbonyl (C=O) groups excluding carboxylic acids is 1. The van der Waals surface area contributed by atoms with Gasteiger partial charge in [-0.1, -0.05) is 32.3 Å². The molecule has 7 heteroatoms. The fourth-order valence-electron chi connectivity index (χ4n) is 1.95. The highest BCUT2D eigenvalue weighted by Gasteiger charge is 2.20. The maximum atomic E-state index is 13.8. The van der Waals surface area contributed by atoms with Crippen molar-refractivity contribution in [2.45, 2.75) is 37.5 Å². The Morgan fingerprint density at radius 3 is 2.70 bits per heavy atom. The van der Waals surface area contributed by atoms with Gasteiger partial charge in [0, 0.05) is 18.7 Å². The zero-order chi connectivity index (χ0) is 17.3. The lowest BCUT2D eigenvalue weighted by molar-refractivity contribution is 0.0952. The molecule has 1 aromatic carbocycles. The average molecular weight is 342 g/mol. The molecule has 1 aromatic rings. The third-order valence-electron chi connectivity index (χ3n) is 3.22. The summed E-state index contributed by atoms with van der Waals surface area (Å²) in [6.07, 6.45) is 5.43. The molecular weight excluding hydrogens is 319 g/mol. The highest BCUT2D eigenvalue weighted by atomic mass is 32.2. The van der Waals surface area contributed by atoms with Crippen molar-refractivity contribution >= 4 is 15.9 Å². The summed E-state index contributed by atoms with van der Waals surface area (Å²) in [6.45, 7) is 5.98. The Morgan fingerprint density at radius 2 is 2.04 bits per heavy atom. The van der Waals surface area contributed by atoms with E-state index in [0.717, 1.165) is 37.8 Å². The molecule has 128 valence electrons. The molecule has 5 nitrogen and oxygen atoms in total. The topological polar surface area (TPSA) is 75.3 Å². The number of carbonyl (C=O) groups is 1. The second-order valence-electron chi connectivity index (χ2n) is 5.10. The highest BCUT2D eigenvalue weighted by molar-refractivity contribution is 7.89. The number of hydrogen-bond acceptors (Lipinski definition) is 3. The molecule has 0 aliphatic carbocycles. The first kappa shape index (κ1) is 19.3. The Morgan fingerprint density at radius 1 is 1.30 bits per heavy atom. The minimum Gasteiger partial charge on any atom is -0.352 e. The SMILES string of the molecule is C=CCNS(=O)(=O)c1cc(C(=O)NCCCCCC)ccc1F. The summed E-state index contributed by atoms with van der Waals surface area (Å²) in [5, 5.41) is 2.71. The number of halogens is 1. The van der Waals surface area contributed by atoms with Crippen LogP contribution in [0, 0.1) is 5.82 Å². The van der Waals surface area contributed by atoms with Gasteiger partial charge in [-0.15, -0.1) is 6.58 Å².